The van der Waals surface area contributed by atoms with E-state index >= 15 is 0 Å². The van der Waals surface area contributed by atoms with Gasteiger partial charge in [0.25, 0.3) is 0 Å². The van der Waals surface area contributed by atoms with Crippen molar-refractivity contribution in [1.82, 2.24) is 25.8 Å². The molecule has 3 N–H and O–H groups in total. The fourth-order valence-electron chi connectivity index (χ4n) is 3.83. The first-order valence-corrected chi connectivity index (χ1v) is 14.9. The van der Waals surface area contributed by atoms with Crippen molar-refractivity contribution in [2.45, 2.75) is 97.3 Å². The van der Waals surface area contributed by atoms with Crippen LogP contribution in [0.1, 0.15) is 71.7 Å². The van der Waals surface area contributed by atoms with E-state index in [2.05, 4.69) is 31.2 Å². The molecule has 1 aromatic carbocycles. The molecule has 229 valence electrons. The normalized spacial score (nSPS) is 13.0. The molecule has 0 saturated carbocycles. The van der Waals surface area contributed by atoms with Crippen molar-refractivity contribution in [2.24, 2.45) is 0 Å². The molecule has 0 spiro atoms. The standard InChI is InChI=1S/C31H46N5O5Si/c1-22(42)26(34-20-25-11-8-9-16-32-25)27(37)35-19-23-12-14-24(15-13-23)21-36(29(39)41-31(5,6)7)18-10-17-33-28(38)40-30(2,3)4/h8-9,11-16,22,26,34H,10,17-21H2,1-7H3,(H,33,38)(H,35,37)/t22?,26-/m0/s1. The zero-order chi connectivity index (χ0) is 31.3. The van der Waals surface area contributed by atoms with Crippen LogP contribution in [0.5, 0.6) is 0 Å². The van der Waals surface area contributed by atoms with E-state index in [1.165, 1.54) is 0 Å². The highest BCUT2D eigenvalue weighted by atomic mass is 28.1. The molecule has 42 heavy (non-hydrogen) atoms. The molecular weight excluding hydrogens is 550 g/mol. The van der Waals surface area contributed by atoms with E-state index < -0.39 is 29.4 Å². The Bertz CT molecular complexity index is 1130. The Balaban J connectivity index is 1.93. The van der Waals surface area contributed by atoms with Crippen LogP contribution in [0.25, 0.3) is 0 Å². The number of hydrogen-bond donors (Lipinski definition) is 3. The highest BCUT2D eigenvalue weighted by molar-refractivity contribution is 6.14. The first-order valence-electron chi connectivity index (χ1n) is 14.3. The van der Waals surface area contributed by atoms with E-state index in [1.807, 2.05) is 70.2 Å². The molecule has 0 saturated heterocycles. The molecule has 0 aliphatic rings. The number of carbonyl (C=O) groups is 3. The van der Waals surface area contributed by atoms with Crippen LogP contribution in [0.4, 0.5) is 9.59 Å². The van der Waals surface area contributed by atoms with Gasteiger partial charge in [-0.1, -0.05) is 37.3 Å². The number of nitrogens with one attached hydrogen (secondary N) is 3. The minimum Gasteiger partial charge on any atom is -0.444 e. The number of ether oxygens (including phenoxy) is 2. The zero-order valence-corrected chi connectivity index (χ0v) is 27.0. The van der Waals surface area contributed by atoms with Crippen LogP contribution in [0, 0.1) is 0 Å². The molecular formula is C31H46N5O5Si. The molecule has 3 radical (unpaired) electrons. The molecule has 0 fully saturated rings. The first-order chi connectivity index (χ1) is 19.6. The fraction of sp³-hybridized carbons (Fsp3) is 0.548. The van der Waals surface area contributed by atoms with E-state index in [-0.39, 0.29) is 11.4 Å². The Morgan fingerprint density at radius 3 is 2.12 bits per heavy atom. The van der Waals surface area contributed by atoms with Crippen molar-refractivity contribution in [3.63, 3.8) is 0 Å². The third-order valence-corrected chi connectivity index (χ3v) is 6.13. The molecule has 2 atom stereocenters. The van der Waals surface area contributed by atoms with Crippen molar-refractivity contribution in [1.29, 1.82) is 0 Å². The summed E-state index contributed by atoms with van der Waals surface area (Å²) < 4.78 is 10.9. The van der Waals surface area contributed by atoms with E-state index in [9.17, 15) is 14.4 Å². The monoisotopic (exact) mass is 596 g/mol. The average Bonchev–Trinajstić information content (AvgIpc) is 2.88. The van der Waals surface area contributed by atoms with E-state index in [1.54, 1.807) is 31.9 Å². The highest BCUT2D eigenvalue weighted by Crippen LogP contribution is 2.15. The smallest absolute Gasteiger partial charge is 0.410 e. The predicted molar refractivity (Wildman–Crippen MR) is 164 cm³/mol. The second-order valence-corrected chi connectivity index (χ2v) is 13.1. The molecule has 3 amide bonds. The zero-order valence-electron chi connectivity index (χ0n) is 26.0. The van der Waals surface area contributed by atoms with Gasteiger partial charge in [0.15, 0.2) is 0 Å². The molecule has 10 nitrogen and oxygen atoms in total. The highest BCUT2D eigenvalue weighted by Gasteiger charge is 2.23. The number of nitrogens with zero attached hydrogens (tertiary/aromatic N) is 2. The summed E-state index contributed by atoms with van der Waals surface area (Å²) in [6.07, 6.45) is 1.34. The quantitative estimate of drug-likeness (QED) is 0.230. The molecule has 1 unspecified atom stereocenters. The number of carbonyl (C=O) groups excluding carboxylic acids is 3. The van der Waals surface area contributed by atoms with Gasteiger partial charge in [0.2, 0.25) is 5.91 Å². The third-order valence-electron chi connectivity index (χ3n) is 5.80. The van der Waals surface area contributed by atoms with Crippen LogP contribution in [0.2, 0.25) is 5.54 Å². The third kappa shape index (κ3) is 14.0. The van der Waals surface area contributed by atoms with Crippen molar-refractivity contribution < 1.29 is 23.9 Å². The lowest BCUT2D eigenvalue weighted by molar-refractivity contribution is -0.123. The average molecular weight is 597 g/mol. The first kappa shape index (κ1) is 34.8. The molecule has 0 aliphatic carbocycles. The van der Waals surface area contributed by atoms with Crippen LogP contribution < -0.4 is 16.0 Å². The van der Waals surface area contributed by atoms with E-state index in [0.717, 1.165) is 16.8 Å². The van der Waals surface area contributed by atoms with Crippen LogP contribution in [0.15, 0.2) is 48.7 Å². The summed E-state index contributed by atoms with van der Waals surface area (Å²) in [7, 11) is 3.59. The number of rotatable bonds is 13. The van der Waals surface area contributed by atoms with Gasteiger partial charge in [-0.3, -0.25) is 9.78 Å². The predicted octanol–water partition coefficient (Wildman–Crippen LogP) is 4.49. The second-order valence-electron chi connectivity index (χ2n) is 12.2. The molecule has 2 aromatic rings. The minimum atomic E-state index is -0.636. The van der Waals surface area contributed by atoms with Crippen LogP contribution in [-0.2, 0) is 33.9 Å². The molecule has 1 heterocycles. The Morgan fingerprint density at radius 1 is 0.905 bits per heavy atom. The van der Waals surface area contributed by atoms with Gasteiger partial charge in [-0.15, -0.1) is 0 Å². The second kappa shape index (κ2) is 16.3. The largest absolute Gasteiger partial charge is 0.444 e. The summed E-state index contributed by atoms with van der Waals surface area (Å²) in [4.78, 5) is 43.7. The van der Waals surface area contributed by atoms with Crippen LogP contribution >= 0.6 is 0 Å². The Hall–Kier alpha value is -3.44. The lowest BCUT2D eigenvalue weighted by atomic mass is 10.1. The number of amides is 3. The summed E-state index contributed by atoms with van der Waals surface area (Å²) >= 11 is 0. The summed E-state index contributed by atoms with van der Waals surface area (Å²) in [6.45, 7) is 14.7. The lowest BCUT2D eigenvalue weighted by Crippen LogP contribution is -2.46. The maximum Gasteiger partial charge on any atom is 0.410 e. The summed E-state index contributed by atoms with van der Waals surface area (Å²) in [5.41, 5.74) is 1.41. The van der Waals surface area contributed by atoms with Crippen molar-refractivity contribution in [3.8, 4) is 0 Å². The van der Waals surface area contributed by atoms with Crippen molar-refractivity contribution in [2.75, 3.05) is 13.1 Å². The topological polar surface area (TPSA) is 122 Å². The number of alkyl carbamates (subject to hydrolysis) is 1. The Kier molecular flexibility index (Phi) is 13.5. The van der Waals surface area contributed by atoms with Crippen LogP contribution in [-0.4, -0.2) is 68.6 Å². The van der Waals surface area contributed by atoms with Gasteiger partial charge in [-0.2, -0.15) is 0 Å². The summed E-state index contributed by atoms with van der Waals surface area (Å²) in [6, 6.07) is 13.0. The van der Waals surface area contributed by atoms with Gasteiger partial charge in [-0.05, 0) is 76.8 Å². The Labute approximate surface area is 253 Å². The van der Waals surface area contributed by atoms with Gasteiger partial charge in [0.05, 0.1) is 11.7 Å². The fourth-order valence-corrected chi connectivity index (χ4v) is 4.10. The van der Waals surface area contributed by atoms with Crippen LogP contribution in [0.3, 0.4) is 0 Å². The van der Waals surface area contributed by atoms with E-state index in [0.29, 0.717) is 39.1 Å². The molecule has 0 aliphatic heterocycles. The SMILES string of the molecule is CC([Si])[C@H](NCc1ccccn1)C(=O)NCc1ccc(CN(CCCNC(=O)OC(C)(C)C)C(=O)OC(C)(C)C)cc1. The molecule has 2 rings (SSSR count). The van der Waals surface area contributed by atoms with Gasteiger partial charge < -0.3 is 30.3 Å². The summed E-state index contributed by atoms with van der Waals surface area (Å²) in [5, 5.41) is 8.98. The maximum absolute atomic E-state index is 12.9. The molecule has 1 aromatic heterocycles. The molecule has 11 heteroatoms. The van der Waals surface area contributed by atoms with Gasteiger partial charge in [0, 0.05) is 49.2 Å². The van der Waals surface area contributed by atoms with Gasteiger partial charge in [-0.25, -0.2) is 9.59 Å². The summed E-state index contributed by atoms with van der Waals surface area (Å²) in [5.74, 6) is -0.117. The number of benzene rings is 1. The number of pyridine rings is 1. The number of hydrogen-bond acceptors (Lipinski definition) is 7. The van der Waals surface area contributed by atoms with Crippen molar-refractivity contribution in [3.05, 3.63) is 65.5 Å². The lowest BCUT2D eigenvalue weighted by Gasteiger charge is -2.27. The van der Waals surface area contributed by atoms with Gasteiger partial charge >= 0.3 is 12.2 Å². The number of aromatic nitrogens is 1. The minimum absolute atomic E-state index is 0.0886. The van der Waals surface area contributed by atoms with Crippen molar-refractivity contribution >= 4 is 28.3 Å². The van der Waals surface area contributed by atoms with E-state index in [4.69, 9.17) is 9.47 Å². The molecule has 0 bridgehead atoms. The van der Waals surface area contributed by atoms with Gasteiger partial charge in [0.1, 0.15) is 11.2 Å². The maximum atomic E-state index is 12.9. The Morgan fingerprint density at radius 2 is 1.55 bits per heavy atom.